The Bertz CT molecular complexity index is 1320. The number of hydrogen-bond acceptors (Lipinski definition) is 8. The zero-order valence-electron chi connectivity index (χ0n) is 17.8. The average molecular weight is 470 g/mol. The smallest absolute Gasteiger partial charge is 0.294 e. The highest BCUT2D eigenvalue weighted by Gasteiger charge is 2.64. The first-order valence-electron chi connectivity index (χ1n) is 10.8. The molecule has 6 rings (SSSR count). The van der Waals surface area contributed by atoms with Crippen molar-refractivity contribution in [3.8, 4) is 11.5 Å². The van der Waals surface area contributed by atoms with Gasteiger partial charge in [-0.25, -0.2) is 0 Å². The van der Waals surface area contributed by atoms with Crippen LogP contribution in [0.15, 0.2) is 57.6 Å². The first-order valence-corrected chi connectivity index (χ1v) is 12.3. The summed E-state index contributed by atoms with van der Waals surface area (Å²) in [6.07, 6.45) is 4.32. The van der Waals surface area contributed by atoms with E-state index in [4.69, 9.17) is 9.29 Å². The lowest BCUT2D eigenvalue weighted by atomic mass is 9.53. The van der Waals surface area contributed by atoms with E-state index in [0.29, 0.717) is 11.4 Å². The number of benzene rings is 2. The summed E-state index contributed by atoms with van der Waals surface area (Å²) in [4.78, 5) is 2.11. The minimum absolute atomic E-state index is 0.112. The van der Waals surface area contributed by atoms with Gasteiger partial charge in [-0.05, 0) is 62.3 Å². The first kappa shape index (κ1) is 20.8. The zero-order valence-corrected chi connectivity index (χ0v) is 18.6. The Hall–Kier alpha value is -2.79. The van der Waals surface area contributed by atoms with Crippen LogP contribution in [0.4, 0.5) is 11.4 Å². The zero-order chi connectivity index (χ0) is 23.1. The summed E-state index contributed by atoms with van der Waals surface area (Å²) < 4.78 is 37.8. The van der Waals surface area contributed by atoms with Gasteiger partial charge in [0, 0.05) is 22.9 Å². The molecule has 1 saturated heterocycles. The third-order valence-corrected chi connectivity index (χ3v) is 8.52. The number of ether oxygens (including phenoxy) is 1. The molecule has 9 nitrogen and oxygen atoms in total. The third kappa shape index (κ3) is 2.84. The maximum atomic E-state index is 11.2. The standard InChI is InChI=1S/C23H23N3O6S/c1-26-9-8-23-15-6-7-18(27)22(23)32-21-19(23)12(11-17(15)26)10-16(20(21)28)25-24-13-2-4-14(5-3-13)33(29,30)31/h2-7,10,15,17-18,22,27-28H,8-9,11H2,1H3,(H,29,30,31)/t15-,17+,18-,22-,23-/m0/s1. The second kappa shape index (κ2) is 6.86. The lowest BCUT2D eigenvalue weighted by Crippen LogP contribution is -2.64. The van der Waals surface area contributed by atoms with Crippen LogP contribution in [0, 0.1) is 5.92 Å². The van der Waals surface area contributed by atoms with Crippen LogP contribution >= 0.6 is 0 Å². The Morgan fingerprint density at radius 1 is 1.18 bits per heavy atom. The first-order chi connectivity index (χ1) is 15.7. The number of aliphatic hydroxyl groups is 1. The van der Waals surface area contributed by atoms with E-state index in [1.54, 1.807) is 0 Å². The van der Waals surface area contributed by atoms with Gasteiger partial charge in [0.05, 0.1) is 10.6 Å². The van der Waals surface area contributed by atoms with Crippen molar-refractivity contribution in [2.45, 2.75) is 41.4 Å². The monoisotopic (exact) mass is 469 g/mol. The molecule has 1 spiro atoms. The summed E-state index contributed by atoms with van der Waals surface area (Å²) in [5.74, 6) is 0.467. The molecule has 2 aliphatic carbocycles. The molecule has 0 unspecified atom stereocenters. The number of phenolic OH excluding ortho intramolecular Hbond substituents is 1. The fourth-order valence-electron chi connectivity index (χ4n) is 6.17. The van der Waals surface area contributed by atoms with Gasteiger partial charge in [-0.1, -0.05) is 12.2 Å². The second-order valence-corrected chi connectivity index (χ2v) is 10.7. The molecule has 2 aromatic rings. The molecular weight excluding hydrogens is 446 g/mol. The van der Waals surface area contributed by atoms with Crippen LogP contribution in [-0.4, -0.2) is 59.9 Å². The van der Waals surface area contributed by atoms with E-state index in [1.807, 2.05) is 12.1 Å². The fourth-order valence-corrected chi connectivity index (χ4v) is 6.65. The van der Waals surface area contributed by atoms with Gasteiger partial charge in [-0.2, -0.15) is 13.5 Å². The van der Waals surface area contributed by atoms with E-state index < -0.39 is 22.3 Å². The molecule has 2 heterocycles. The maximum absolute atomic E-state index is 11.2. The minimum Gasteiger partial charge on any atom is -0.503 e. The quantitative estimate of drug-likeness (QED) is 0.358. The molecule has 0 radical (unpaired) electrons. The predicted octanol–water partition coefficient (Wildman–Crippen LogP) is 2.86. The maximum Gasteiger partial charge on any atom is 0.294 e. The summed E-state index contributed by atoms with van der Waals surface area (Å²) in [5.41, 5.74) is 2.27. The highest BCUT2D eigenvalue weighted by atomic mass is 32.2. The van der Waals surface area contributed by atoms with Gasteiger partial charge in [0.15, 0.2) is 11.5 Å². The Labute approximate surface area is 190 Å². The second-order valence-electron chi connectivity index (χ2n) is 9.26. The van der Waals surface area contributed by atoms with E-state index in [-0.39, 0.29) is 33.7 Å². The Kier molecular flexibility index (Phi) is 4.32. The van der Waals surface area contributed by atoms with Crippen LogP contribution in [0.25, 0.3) is 0 Å². The largest absolute Gasteiger partial charge is 0.503 e. The number of likely N-dealkylation sites (N-methyl/N-ethyl adjacent to an activating group) is 1. The molecule has 0 saturated carbocycles. The number of likely N-dealkylation sites (tertiary alicyclic amines) is 1. The number of azo groups is 1. The summed E-state index contributed by atoms with van der Waals surface area (Å²) in [7, 11) is -2.18. The minimum atomic E-state index is -4.29. The number of nitrogens with zero attached hydrogens (tertiary/aromatic N) is 3. The van der Waals surface area contributed by atoms with Gasteiger partial charge in [0.2, 0.25) is 0 Å². The molecule has 1 fully saturated rings. The molecule has 4 aliphatic rings. The van der Waals surface area contributed by atoms with E-state index in [9.17, 15) is 18.6 Å². The molecule has 2 bridgehead atoms. The van der Waals surface area contributed by atoms with Crippen molar-refractivity contribution < 1.29 is 27.9 Å². The summed E-state index contributed by atoms with van der Waals surface area (Å²) in [6, 6.07) is 7.39. The highest BCUT2D eigenvalue weighted by molar-refractivity contribution is 7.85. The van der Waals surface area contributed by atoms with Crippen molar-refractivity contribution in [2.75, 3.05) is 13.6 Å². The Morgan fingerprint density at radius 2 is 1.94 bits per heavy atom. The lowest BCUT2D eigenvalue weighted by Gasteiger charge is -2.56. The van der Waals surface area contributed by atoms with Crippen LogP contribution in [0.3, 0.4) is 0 Å². The molecule has 3 N–H and O–H groups in total. The van der Waals surface area contributed by atoms with Crippen molar-refractivity contribution >= 4 is 21.5 Å². The third-order valence-electron chi connectivity index (χ3n) is 7.65. The summed E-state index contributed by atoms with van der Waals surface area (Å²) in [6.45, 7) is 0.891. The molecule has 5 atom stereocenters. The van der Waals surface area contributed by atoms with Crippen molar-refractivity contribution in [3.63, 3.8) is 0 Å². The van der Waals surface area contributed by atoms with Crippen molar-refractivity contribution in [3.05, 3.63) is 53.6 Å². The average Bonchev–Trinajstić information content (AvgIpc) is 3.13. The van der Waals surface area contributed by atoms with Gasteiger partial charge >= 0.3 is 0 Å². The van der Waals surface area contributed by atoms with E-state index in [1.165, 1.54) is 24.3 Å². The number of hydrogen-bond donors (Lipinski definition) is 3. The van der Waals surface area contributed by atoms with Crippen LogP contribution in [0.2, 0.25) is 0 Å². The van der Waals surface area contributed by atoms with Crippen LogP contribution < -0.4 is 4.74 Å². The Balaban J connectivity index is 1.43. The summed E-state index contributed by atoms with van der Waals surface area (Å²) in [5, 5.41) is 30.1. The molecule has 33 heavy (non-hydrogen) atoms. The molecule has 0 amide bonds. The normalized spacial score (nSPS) is 32.1. The number of phenols is 1. The summed E-state index contributed by atoms with van der Waals surface area (Å²) >= 11 is 0. The topological polar surface area (TPSA) is 132 Å². The SMILES string of the molecule is CN1CC[C@]23c4c5cc(N=Nc6ccc(S(=O)(=O)O)cc6)c(O)c4O[C@H]2[C@@H](O)C=C[C@H]3[C@H]1C5. The van der Waals surface area contributed by atoms with Gasteiger partial charge in [-0.15, -0.1) is 5.11 Å². The van der Waals surface area contributed by atoms with Crippen molar-refractivity contribution in [1.29, 1.82) is 0 Å². The molecular formula is C23H23N3O6S. The van der Waals surface area contributed by atoms with E-state index in [2.05, 4.69) is 28.3 Å². The number of aromatic hydroxyl groups is 1. The number of rotatable bonds is 3. The number of aliphatic hydroxyl groups excluding tert-OH is 1. The lowest BCUT2D eigenvalue weighted by molar-refractivity contribution is -0.0453. The Morgan fingerprint density at radius 3 is 2.67 bits per heavy atom. The van der Waals surface area contributed by atoms with Crippen molar-refractivity contribution in [2.24, 2.45) is 16.1 Å². The van der Waals surface area contributed by atoms with Gasteiger partial charge in [0.25, 0.3) is 10.1 Å². The van der Waals surface area contributed by atoms with Crippen molar-refractivity contribution in [1.82, 2.24) is 4.90 Å². The van der Waals surface area contributed by atoms with Crippen LogP contribution in [0.5, 0.6) is 11.5 Å². The van der Waals surface area contributed by atoms with E-state index >= 15 is 0 Å². The highest BCUT2D eigenvalue weighted by Crippen LogP contribution is 2.63. The van der Waals surface area contributed by atoms with Gasteiger partial charge < -0.3 is 19.8 Å². The van der Waals surface area contributed by atoms with Gasteiger partial charge in [-0.3, -0.25) is 4.55 Å². The number of piperidine rings is 1. The molecule has 10 heteroatoms. The van der Waals surface area contributed by atoms with Gasteiger partial charge in [0.1, 0.15) is 17.9 Å². The molecule has 2 aliphatic heterocycles. The molecule has 0 aromatic heterocycles. The van der Waals surface area contributed by atoms with Crippen LogP contribution in [0.1, 0.15) is 17.5 Å². The molecule has 2 aromatic carbocycles. The molecule has 172 valence electrons. The fraction of sp³-hybridized carbons (Fsp3) is 0.391. The van der Waals surface area contributed by atoms with Crippen LogP contribution in [-0.2, 0) is 22.0 Å². The predicted molar refractivity (Wildman–Crippen MR) is 118 cm³/mol. The van der Waals surface area contributed by atoms with E-state index in [0.717, 1.165) is 30.5 Å².